The van der Waals surface area contributed by atoms with Gasteiger partial charge in [0.15, 0.2) is 5.78 Å². The first-order valence-electron chi connectivity index (χ1n) is 10.4. The third-order valence-corrected chi connectivity index (χ3v) is 12.8. The fourth-order valence-corrected chi connectivity index (χ4v) is 10.8. The first-order chi connectivity index (χ1) is 13.4. The van der Waals surface area contributed by atoms with Crippen LogP contribution in [0.1, 0.15) is 46.5 Å². The first kappa shape index (κ1) is 19.2. The Hall–Kier alpha value is -2.13. The Morgan fingerprint density at radius 1 is 0.929 bits per heavy atom. The Morgan fingerprint density at radius 2 is 1.50 bits per heavy atom. The quantitative estimate of drug-likeness (QED) is 0.698. The van der Waals surface area contributed by atoms with E-state index >= 15 is 0 Å². The summed E-state index contributed by atoms with van der Waals surface area (Å²) in [6, 6.07) is 23.1. The van der Waals surface area contributed by atoms with Crippen molar-refractivity contribution in [1.29, 1.82) is 0 Å². The summed E-state index contributed by atoms with van der Waals surface area (Å²) < 4.78 is 6.42. The molecule has 0 spiro atoms. The number of hydrogen-bond donors (Lipinski definition) is 0. The predicted molar refractivity (Wildman–Crippen MR) is 118 cm³/mol. The molecule has 146 valence electrons. The minimum absolute atomic E-state index is 0.110. The van der Waals surface area contributed by atoms with Crippen molar-refractivity contribution in [1.82, 2.24) is 0 Å². The van der Waals surface area contributed by atoms with E-state index in [0.29, 0.717) is 12.2 Å². The average Bonchev–Trinajstić information content (AvgIpc) is 3.10. The number of Topliss-reactive ketones (excluding diaryl/α,β-unsaturated/α-hetero) is 1. The zero-order valence-electron chi connectivity index (χ0n) is 17.2. The molecule has 0 amide bonds. The van der Waals surface area contributed by atoms with Gasteiger partial charge in [0.05, 0.1) is 0 Å². The third-order valence-electron chi connectivity index (χ3n) is 6.57. The summed E-state index contributed by atoms with van der Waals surface area (Å²) >= 11 is 0. The van der Waals surface area contributed by atoms with Crippen molar-refractivity contribution in [3.63, 3.8) is 0 Å². The van der Waals surface area contributed by atoms with Gasteiger partial charge in [-0.15, -0.1) is 0 Å². The Kier molecular flexibility index (Phi) is 5.05. The van der Waals surface area contributed by atoms with Gasteiger partial charge in [-0.2, -0.15) is 0 Å². The highest BCUT2D eigenvalue weighted by molar-refractivity contribution is 7.04. The Balaban J connectivity index is 1.77. The Morgan fingerprint density at radius 3 is 2.00 bits per heavy atom. The number of ketones is 1. The van der Waals surface area contributed by atoms with E-state index in [4.69, 9.17) is 4.74 Å². The fourth-order valence-electron chi connectivity index (χ4n) is 5.17. The van der Waals surface area contributed by atoms with Crippen molar-refractivity contribution in [2.45, 2.75) is 63.6 Å². The molecular weight excluding hydrogens is 360 g/mol. The van der Waals surface area contributed by atoms with Crippen molar-refractivity contribution < 1.29 is 9.53 Å². The average molecular weight is 391 g/mol. The van der Waals surface area contributed by atoms with E-state index in [-0.39, 0.29) is 11.1 Å². The summed E-state index contributed by atoms with van der Waals surface area (Å²) in [5, 5.41) is 3.02. The molecule has 1 unspecified atom stereocenters. The van der Waals surface area contributed by atoms with E-state index in [1.54, 1.807) is 0 Å². The molecule has 1 aliphatic carbocycles. The van der Waals surface area contributed by atoms with Crippen LogP contribution in [-0.4, -0.2) is 20.0 Å². The van der Waals surface area contributed by atoms with Crippen LogP contribution in [0.4, 0.5) is 0 Å². The zero-order valence-corrected chi connectivity index (χ0v) is 18.2. The summed E-state index contributed by atoms with van der Waals surface area (Å²) in [5.74, 6) is 1.30. The van der Waals surface area contributed by atoms with Gasteiger partial charge in [0.1, 0.15) is 19.9 Å². The number of carbonyl (C=O) groups is 1. The topological polar surface area (TPSA) is 26.3 Å². The van der Waals surface area contributed by atoms with E-state index in [9.17, 15) is 4.79 Å². The number of benzene rings is 2. The second kappa shape index (κ2) is 7.36. The highest BCUT2D eigenvalue weighted by atomic mass is 28.3. The van der Waals surface area contributed by atoms with E-state index in [2.05, 4.69) is 81.4 Å². The second-order valence-corrected chi connectivity index (χ2v) is 14.1. The molecule has 3 heteroatoms. The van der Waals surface area contributed by atoms with Crippen LogP contribution >= 0.6 is 0 Å². The summed E-state index contributed by atoms with van der Waals surface area (Å²) in [6.07, 6.45) is 3.45. The highest BCUT2D eigenvalue weighted by Gasteiger charge is 2.50. The van der Waals surface area contributed by atoms with Crippen LogP contribution in [0.2, 0.25) is 11.1 Å². The predicted octanol–water partition coefficient (Wildman–Crippen LogP) is 4.85. The van der Waals surface area contributed by atoms with Crippen molar-refractivity contribution in [3.05, 3.63) is 72.0 Å². The van der Waals surface area contributed by atoms with Crippen molar-refractivity contribution in [3.8, 4) is 0 Å². The lowest BCUT2D eigenvalue weighted by atomic mass is 9.95. The van der Waals surface area contributed by atoms with Gasteiger partial charge in [-0.25, -0.2) is 0 Å². The normalized spacial score (nSPS) is 20.1. The molecule has 0 N–H and O–H groups in total. The lowest BCUT2D eigenvalue weighted by Gasteiger charge is -2.45. The van der Waals surface area contributed by atoms with E-state index < -0.39 is 8.07 Å². The highest BCUT2D eigenvalue weighted by Crippen LogP contribution is 2.43. The van der Waals surface area contributed by atoms with Crippen LogP contribution in [0, 0.1) is 0 Å². The number of ether oxygens (including phenoxy) is 1. The van der Waals surface area contributed by atoms with Gasteiger partial charge >= 0.3 is 0 Å². The molecule has 2 nitrogen and oxygen atoms in total. The molecule has 0 radical (unpaired) electrons. The van der Waals surface area contributed by atoms with Crippen LogP contribution < -0.4 is 10.4 Å². The molecule has 0 bridgehead atoms. The largest absolute Gasteiger partial charge is 0.494 e. The molecule has 4 rings (SSSR count). The molecule has 2 aliphatic rings. The van der Waals surface area contributed by atoms with Gasteiger partial charge in [0.25, 0.3) is 0 Å². The van der Waals surface area contributed by atoms with Crippen LogP contribution in [0.3, 0.4) is 0 Å². The van der Waals surface area contributed by atoms with Crippen LogP contribution in [0.5, 0.6) is 0 Å². The zero-order chi connectivity index (χ0) is 19.8. The van der Waals surface area contributed by atoms with E-state index in [1.807, 2.05) is 0 Å². The Labute approximate surface area is 169 Å². The van der Waals surface area contributed by atoms with Gasteiger partial charge in [-0.05, 0) is 17.5 Å². The van der Waals surface area contributed by atoms with Crippen molar-refractivity contribution in [2.24, 2.45) is 0 Å². The fraction of sp³-hybridized carbons (Fsp3) is 0.400. The van der Waals surface area contributed by atoms with Gasteiger partial charge in [0.2, 0.25) is 0 Å². The smallest absolute Gasteiger partial charge is 0.162 e. The van der Waals surface area contributed by atoms with Gasteiger partial charge in [-0.1, -0.05) is 91.8 Å². The Bertz CT molecular complexity index is 838. The maximum atomic E-state index is 12.4. The molecular formula is C25H30O2Si. The molecule has 1 atom stereocenters. The second-order valence-electron chi connectivity index (χ2n) is 9.21. The van der Waals surface area contributed by atoms with Crippen LogP contribution in [0.15, 0.2) is 72.0 Å². The molecule has 28 heavy (non-hydrogen) atoms. The number of rotatable bonds is 4. The molecule has 2 aromatic carbocycles. The third kappa shape index (κ3) is 3.26. The lowest BCUT2D eigenvalue weighted by molar-refractivity contribution is -0.116. The summed E-state index contributed by atoms with van der Waals surface area (Å²) in [6.45, 7) is 7.14. The molecule has 1 aliphatic heterocycles. The minimum Gasteiger partial charge on any atom is -0.494 e. The molecule has 0 saturated carbocycles. The SMILES string of the molecule is CC(C)(C)[Si](CC1CC2=C(CCCC2=O)O1)(c1ccccc1)c1ccccc1. The standard InChI is InChI=1S/C25H30O2Si/c1-25(2,3)28(20-11-6-4-7-12-20,21-13-8-5-9-14-21)18-19-17-22-23(26)15-10-16-24(22)27-19/h4-9,11-14,19H,10,15-18H2,1-3H3. The minimum atomic E-state index is -2.16. The lowest BCUT2D eigenvalue weighted by Crippen LogP contribution is -2.65. The maximum Gasteiger partial charge on any atom is 0.162 e. The number of hydrogen-bond acceptors (Lipinski definition) is 2. The van der Waals surface area contributed by atoms with Gasteiger partial charge in [0, 0.05) is 24.8 Å². The summed E-state index contributed by atoms with van der Waals surface area (Å²) in [5.41, 5.74) is 0.981. The maximum absolute atomic E-state index is 12.4. The van der Waals surface area contributed by atoms with Gasteiger partial charge in [-0.3, -0.25) is 4.79 Å². The molecule has 0 aromatic heterocycles. The molecule has 0 fully saturated rings. The van der Waals surface area contributed by atoms with E-state index in [1.165, 1.54) is 10.4 Å². The molecule has 2 aromatic rings. The first-order valence-corrected chi connectivity index (χ1v) is 12.7. The summed E-state index contributed by atoms with van der Waals surface area (Å²) in [4.78, 5) is 12.4. The molecule has 1 heterocycles. The van der Waals surface area contributed by atoms with Gasteiger partial charge < -0.3 is 4.74 Å². The van der Waals surface area contributed by atoms with Crippen molar-refractivity contribution >= 4 is 24.2 Å². The number of carbonyl (C=O) groups excluding carboxylic acids is 1. The summed E-state index contributed by atoms with van der Waals surface area (Å²) in [7, 11) is -2.16. The number of allylic oxidation sites excluding steroid dienone is 1. The van der Waals surface area contributed by atoms with Crippen molar-refractivity contribution in [2.75, 3.05) is 0 Å². The molecule has 0 saturated heterocycles. The van der Waals surface area contributed by atoms with Crippen LogP contribution in [-0.2, 0) is 9.53 Å². The van der Waals surface area contributed by atoms with Crippen LogP contribution in [0.25, 0.3) is 0 Å². The van der Waals surface area contributed by atoms with E-state index in [0.717, 1.165) is 36.6 Å². The monoisotopic (exact) mass is 390 g/mol.